The standard InChI is InChI=1S/C23H27N5O4/c1-23-7-6-11-10(13(23)4-5-16(23)30)2-3-12-17(11)14(8-15(29)19(12)31)28-9-25-20-18(28)21(32)27-22(24)26-20/h8-11,13,16,29-31H,2-7H2,1H3,(H3,24,26,27,32)/t10-,11+,13+,16+,23+/m1/s1. The first-order valence-corrected chi connectivity index (χ1v) is 11.3. The minimum Gasteiger partial charge on any atom is -0.504 e. The molecule has 0 aliphatic heterocycles. The third-order valence-electron chi connectivity index (χ3n) is 8.58. The van der Waals surface area contributed by atoms with Crippen LogP contribution in [0, 0.1) is 17.3 Å². The lowest BCUT2D eigenvalue weighted by Crippen LogP contribution is -2.44. The van der Waals surface area contributed by atoms with Crippen molar-refractivity contribution in [1.82, 2.24) is 19.5 Å². The van der Waals surface area contributed by atoms with Crippen molar-refractivity contribution in [2.75, 3.05) is 5.73 Å². The van der Waals surface area contributed by atoms with Crippen LogP contribution in [0.25, 0.3) is 16.9 Å². The van der Waals surface area contributed by atoms with Crippen LogP contribution in [-0.4, -0.2) is 40.9 Å². The Hall–Kier alpha value is -3.07. The van der Waals surface area contributed by atoms with Crippen molar-refractivity contribution in [3.63, 3.8) is 0 Å². The lowest BCUT2D eigenvalue weighted by atomic mass is 9.55. The van der Waals surface area contributed by atoms with Crippen molar-refractivity contribution in [3.05, 3.63) is 33.9 Å². The van der Waals surface area contributed by atoms with Gasteiger partial charge in [0.2, 0.25) is 5.95 Å². The van der Waals surface area contributed by atoms with Gasteiger partial charge in [-0.1, -0.05) is 6.92 Å². The number of fused-ring (bicyclic) bond motifs is 6. The van der Waals surface area contributed by atoms with Crippen molar-refractivity contribution in [1.29, 1.82) is 0 Å². The van der Waals surface area contributed by atoms with Gasteiger partial charge in [-0.15, -0.1) is 0 Å². The summed E-state index contributed by atoms with van der Waals surface area (Å²) in [6.07, 6.45) is 6.43. The highest BCUT2D eigenvalue weighted by molar-refractivity contribution is 5.75. The van der Waals surface area contributed by atoms with Crippen molar-refractivity contribution in [2.24, 2.45) is 17.3 Å². The number of hydrogen-bond donors (Lipinski definition) is 5. The number of benzene rings is 1. The summed E-state index contributed by atoms with van der Waals surface area (Å²) in [5, 5.41) is 31.9. The molecule has 3 aliphatic rings. The molecule has 168 valence electrons. The molecule has 6 rings (SSSR count). The number of nitrogens with two attached hydrogens (primary N) is 1. The first-order valence-electron chi connectivity index (χ1n) is 11.3. The molecule has 2 heterocycles. The highest BCUT2D eigenvalue weighted by Gasteiger charge is 2.55. The quantitative estimate of drug-likeness (QED) is 0.367. The summed E-state index contributed by atoms with van der Waals surface area (Å²) in [4.78, 5) is 23.6. The van der Waals surface area contributed by atoms with Gasteiger partial charge in [-0.3, -0.25) is 14.3 Å². The molecule has 5 atom stereocenters. The number of aromatic nitrogens is 4. The molecule has 0 radical (unpaired) electrons. The van der Waals surface area contributed by atoms with Crippen LogP contribution in [0.15, 0.2) is 17.2 Å². The number of hydrogen-bond acceptors (Lipinski definition) is 7. The molecule has 1 aromatic carbocycles. The predicted molar refractivity (Wildman–Crippen MR) is 118 cm³/mol. The highest BCUT2D eigenvalue weighted by Crippen LogP contribution is 2.62. The van der Waals surface area contributed by atoms with E-state index in [0.29, 0.717) is 23.9 Å². The van der Waals surface area contributed by atoms with Crippen LogP contribution < -0.4 is 11.3 Å². The van der Waals surface area contributed by atoms with Crippen molar-refractivity contribution in [3.8, 4) is 17.2 Å². The fraction of sp³-hybridized carbons (Fsp3) is 0.522. The Morgan fingerprint density at radius 3 is 2.88 bits per heavy atom. The van der Waals surface area contributed by atoms with E-state index in [4.69, 9.17) is 5.73 Å². The second-order valence-electron chi connectivity index (χ2n) is 9.95. The molecule has 9 nitrogen and oxygen atoms in total. The Kier molecular flexibility index (Phi) is 3.97. The zero-order valence-corrected chi connectivity index (χ0v) is 17.9. The number of anilines is 1. The minimum atomic E-state index is -0.409. The van der Waals surface area contributed by atoms with Gasteiger partial charge in [0.1, 0.15) is 6.33 Å². The van der Waals surface area contributed by atoms with E-state index in [1.165, 1.54) is 12.4 Å². The van der Waals surface area contributed by atoms with Crippen LogP contribution in [0.3, 0.4) is 0 Å². The zero-order valence-electron chi connectivity index (χ0n) is 17.9. The summed E-state index contributed by atoms with van der Waals surface area (Å²) >= 11 is 0. The SMILES string of the molecule is C[C@]12CC[C@@H]3c4c(-n5cnc6nc(N)[nH]c(=O)c65)cc(O)c(O)c4CC[C@H]3[C@@H]1CC[C@@H]2O. The number of phenolic OH excluding ortho intramolecular Hbond substituents is 2. The van der Waals surface area contributed by atoms with E-state index < -0.39 is 5.56 Å². The summed E-state index contributed by atoms with van der Waals surface area (Å²) in [6.45, 7) is 2.22. The number of nitrogens with one attached hydrogen (secondary N) is 1. The van der Waals surface area contributed by atoms with E-state index >= 15 is 0 Å². The maximum Gasteiger partial charge on any atom is 0.278 e. The van der Waals surface area contributed by atoms with Crippen LogP contribution in [0.2, 0.25) is 0 Å². The number of nitrogens with zero attached hydrogens (tertiary/aromatic N) is 3. The Bertz CT molecular complexity index is 1310. The maximum absolute atomic E-state index is 12.7. The molecule has 0 saturated heterocycles. The molecule has 0 amide bonds. The van der Waals surface area contributed by atoms with E-state index in [9.17, 15) is 20.1 Å². The number of H-pyrrole nitrogens is 1. The highest BCUT2D eigenvalue weighted by atomic mass is 16.3. The molecule has 32 heavy (non-hydrogen) atoms. The zero-order chi connectivity index (χ0) is 22.4. The second-order valence-corrected chi connectivity index (χ2v) is 9.95. The van der Waals surface area contributed by atoms with Crippen molar-refractivity contribution < 1.29 is 15.3 Å². The van der Waals surface area contributed by atoms with Gasteiger partial charge >= 0.3 is 0 Å². The van der Waals surface area contributed by atoms with E-state index in [0.717, 1.165) is 43.2 Å². The number of aromatic hydroxyl groups is 2. The van der Waals surface area contributed by atoms with E-state index in [1.807, 2.05) is 0 Å². The Morgan fingerprint density at radius 2 is 2.06 bits per heavy atom. The van der Waals surface area contributed by atoms with Gasteiger partial charge in [-0.2, -0.15) is 4.98 Å². The number of nitrogen functional groups attached to an aromatic ring is 1. The fourth-order valence-electron chi connectivity index (χ4n) is 7.04. The molecule has 0 spiro atoms. The van der Waals surface area contributed by atoms with Crippen LogP contribution in [0.1, 0.15) is 56.1 Å². The van der Waals surface area contributed by atoms with Crippen molar-refractivity contribution >= 4 is 17.1 Å². The summed E-state index contributed by atoms with van der Waals surface area (Å²) in [6, 6.07) is 1.52. The third-order valence-corrected chi connectivity index (χ3v) is 8.58. The smallest absolute Gasteiger partial charge is 0.278 e. The van der Waals surface area contributed by atoms with Crippen LogP contribution in [0.5, 0.6) is 11.5 Å². The van der Waals surface area contributed by atoms with Crippen LogP contribution in [-0.2, 0) is 6.42 Å². The summed E-state index contributed by atoms with van der Waals surface area (Å²) in [7, 11) is 0. The van der Waals surface area contributed by atoms with Gasteiger partial charge in [-0.25, -0.2) is 4.98 Å². The number of imidazole rings is 1. The minimum absolute atomic E-state index is 0.00486. The predicted octanol–water partition coefficient (Wildman–Crippen LogP) is 2.32. The van der Waals surface area contributed by atoms with Crippen LogP contribution >= 0.6 is 0 Å². The molecule has 6 N–H and O–H groups in total. The largest absolute Gasteiger partial charge is 0.504 e. The third kappa shape index (κ3) is 2.45. The average molecular weight is 438 g/mol. The summed E-state index contributed by atoms with van der Waals surface area (Å²) in [5.41, 5.74) is 8.04. The topological polar surface area (TPSA) is 150 Å². The molecule has 0 bridgehead atoms. The molecular weight excluding hydrogens is 410 g/mol. The average Bonchev–Trinajstić information content (AvgIpc) is 3.31. The first-order chi connectivity index (χ1) is 15.3. The molecule has 0 unspecified atom stereocenters. The normalized spacial score (nSPS) is 31.3. The van der Waals surface area contributed by atoms with Gasteiger partial charge in [0.25, 0.3) is 5.56 Å². The first kappa shape index (κ1) is 19.6. The number of rotatable bonds is 1. The molecular formula is C23H27N5O4. The van der Waals surface area contributed by atoms with Gasteiger partial charge in [0.15, 0.2) is 22.7 Å². The lowest BCUT2D eigenvalue weighted by molar-refractivity contribution is -0.0227. The van der Waals surface area contributed by atoms with Gasteiger partial charge in [0.05, 0.1) is 11.8 Å². The van der Waals surface area contributed by atoms with Crippen LogP contribution in [0.4, 0.5) is 5.95 Å². The molecule has 2 fully saturated rings. The monoisotopic (exact) mass is 437 g/mol. The number of aliphatic hydroxyl groups is 1. The molecule has 3 aliphatic carbocycles. The van der Waals surface area contributed by atoms with E-state index in [1.54, 1.807) is 4.57 Å². The van der Waals surface area contributed by atoms with Gasteiger partial charge in [-0.05, 0) is 67.3 Å². The van der Waals surface area contributed by atoms with E-state index in [-0.39, 0.29) is 46.0 Å². The Labute approximate surface area is 183 Å². The lowest BCUT2D eigenvalue weighted by Gasteiger charge is -2.50. The van der Waals surface area contributed by atoms with Gasteiger partial charge in [0, 0.05) is 11.6 Å². The summed E-state index contributed by atoms with van der Waals surface area (Å²) < 4.78 is 1.65. The van der Waals surface area contributed by atoms with Crippen molar-refractivity contribution in [2.45, 2.75) is 57.5 Å². The molecule has 2 saturated carbocycles. The Balaban J connectivity index is 1.57. The molecule has 3 aromatic rings. The Morgan fingerprint density at radius 1 is 1.25 bits per heavy atom. The molecule has 9 heteroatoms. The second kappa shape index (κ2) is 6.48. The van der Waals surface area contributed by atoms with Gasteiger partial charge < -0.3 is 21.1 Å². The fourth-order valence-corrected chi connectivity index (χ4v) is 7.04. The van der Waals surface area contributed by atoms with E-state index in [2.05, 4.69) is 21.9 Å². The number of aliphatic hydroxyl groups excluding tert-OH is 1. The summed E-state index contributed by atoms with van der Waals surface area (Å²) in [5.74, 6) is 0.663. The number of aromatic amines is 1. The number of phenols is 2. The maximum atomic E-state index is 12.7. The molecule has 2 aromatic heterocycles.